The minimum atomic E-state index is -2.43. The van der Waals surface area contributed by atoms with Gasteiger partial charge in [0.15, 0.2) is 9.35 Å². The fourth-order valence-electron chi connectivity index (χ4n) is 0.983. The standard InChI is InChI=1S/C8H6F2N2S3/c1-4-2-3-5(13-4)6-11-12-8(14-6)15-7(9)10/h2-3,7H,1H3. The molecule has 0 radical (unpaired) electrons. The summed E-state index contributed by atoms with van der Waals surface area (Å²) in [5.74, 6) is -2.43. The summed E-state index contributed by atoms with van der Waals surface area (Å²) in [6.07, 6.45) is 0. The van der Waals surface area contributed by atoms with E-state index in [1.54, 1.807) is 11.3 Å². The number of aromatic nitrogens is 2. The van der Waals surface area contributed by atoms with Crippen molar-refractivity contribution < 1.29 is 8.78 Å². The average molecular weight is 264 g/mol. The summed E-state index contributed by atoms with van der Waals surface area (Å²) in [5.41, 5.74) is 0. The van der Waals surface area contributed by atoms with Gasteiger partial charge in [0.2, 0.25) is 0 Å². The number of halogens is 2. The van der Waals surface area contributed by atoms with Crippen molar-refractivity contribution >= 4 is 34.4 Å². The third kappa shape index (κ3) is 2.73. The van der Waals surface area contributed by atoms with E-state index in [1.807, 2.05) is 19.1 Å². The van der Waals surface area contributed by atoms with Gasteiger partial charge >= 0.3 is 0 Å². The van der Waals surface area contributed by atoms with Crippen LogP contribution < -0.4 is 0 Å². The zero-order valence-electron chi connectivity index (χ0n) is 7.61. The number of rotatable bonds is 3. The fraction of sp³-hybridized carbons (Fsp3) is 0.250. The second-order valence-electron chi connectivity index (χ2n) is 2.66. The number of aryl methyl sites for hydroxylation is 1. The molecule has 0 aliphatic heterocycles. The minimum absolute atomic E-state index is 0.311. The van der Waals surface area contributed by atoms with Crippen LogP contribution in [0, 0.1) is 6.92 Å². The van der Waals surface area contributed by atoms with E-state index in [9.17, 15) is 8.78 Å². The molecule has 0 bridgehead atoms. The molecule has 2 heterocycles. The Morgan fingerprint density at radius 2 is 2.07 bits per heavy atom. The summed E-state index contributed by atoms with van der Waals surface area (Å²) in [4.78, 5) is 2.15. The van der Waals surface area contributed by atoms with Crippen molar-refractivity contribution in [2.24, 2.45) is 0 Å². The molecule has 2 nitrogen and oxygen atoms in total. The zero-order chi connectivity index (χ0) is 10.8. The van der Waals surface area contributed by atoms with Crippen molar-refractivity contribution in [1.82, 2.24) is 10.2 Å². The van der Waals surface area contributed by atoms with E-state index >= 15 is 0 Å². The third-order valence-corrected chi connectivity index (χ3v) is 4.44. The minimum Gasteiger partial charge on any atom is -0.197 e. The molecule has 7 heteroatoms. The van der Waals surface area contributed by atoms with E-state index in [0.29, 0.717) is 21.1 Å². The lowest BCUT2D eigenvalue weighted by Gasteiger charge is -1.89. The summed E-state index contributed by atoms with van der Waals surface area (Å²) >= 11 is 3.22. The summed E-state index contributed by atoms with van der Waals surface area (Å²) < 4.78 is 24.4. The van der Waals surface area contributed by atoms with Gasteiger partial charge in [-0.3, -0.25) is 0 Å². The summed E-state index contributed by atoms with van der Waals surface area (Å²) in [6, 6.07) is 3.90. The molecule has 0 N–H and O–H groups in total. The molecule has 0 spiro atoms. The highest BCUT2D eigenvalue weighted by atomic mass is 32.2. The topological polar surface area (TPSA) is 25.8 Å². The predicted molar refractivity (Wildman–Crippen MR) is 59.8 cm³/mol. The summed E-state index contributed by atoms with van der Waals surface area (Å²) in [5, 5.41) is 8.28. The second-order valence-corrected chi connectivity index (χ2v) is 6.16. The lowest BCUT2D eigenvalue weighted by Crippen LogP contribution is -1.79. The number of alkyl halides is 2. The van der Waals surface area contributed by atoms with Gasteiger partial charge in [-0.2, -0.15) is 8.78 Å². The van der Waals surface area contributed by atoms with E-state index in [0.717, 1.165) is 4.88 Å². The van der Waals surface area contributed by atoms with Crippen molar-refractivity contribution in [3.05, 3.63) is 17.0 Å². The normalized spacial score (nSPS) is 11.2. The smallest absolute Gasteiger partial charge is 0.197 e. The molecule has 80 valence electrons. The van der Waals surface area contributed by atoms with Gasteiger partial charge in [0.1, 0.15) is 0 Å². The van der Waals surface area contributed by atoms with E-state index in [1.165, 1.54) is 16.2 Å². The van der Waals surface area contributed by atoms with Gasteiger partial charge in [-0.05, 0) is 30.8 Å². The Morgan fingerprint density at radius 3 is 2.67 bits per heavy atom. The van der Waals surface area contributed by atoms with Gasteiger partial charge in [-0.15, -0.1) is 21.5 Å². The van der Waals surface area contributed by atoms with Crippen LogP contribution in [0.5, 0.6) is 0 Å². The Balaban J connectivity index is 2.20. The lowest BCUT2D eigenvalue weighted by atomic mass is 10.4. The largest absolute Gasteiger partial charge is 0.291 e. The van der Waals surface area contributed by atoms with Gasteiger partial charge in [-0.1, -0.05) is 11.3 Å². The Kier molecular flexibility index (Phi) is 3.32. The van der Waals surface area contributed by atoms with Gasteiger partial charge in [0, 0.05) is 4.88 Å². The van der Waals surface area contributed by atoms with Gasteiger partial charge in [-0.25, -0.2) is 0 Å². The van der Waals surface area contributed by atoms with Crippen LogP contribution in [0.15, 0.2) is 16.5 Å². The van der Waals surface area contributed by atoms with Crippen LogP contribution in [0.25, 0.3) is 9.88 Å². The SMILES string of the molecule is Cc1ccc(-c2nnc(SC(F)F)s2)s1. The molecule has 2 rings (SSSR count). The summed E-state index contributed by atoms with van der Waals surface area (Å²) in [7, 11) is 0. The van der Waals surface area contributed by atoms with Crippen LogP contribution >= 0.6 is 34.4 Å². The quantitative estimate of drug-likeness (QED) is 0.787. The molecule has 0 fully saturated rings. The number of nitrogens with zero attached hydrogens (tertiary/aromatic N) is 2. The lowest BCUT2D eigenvalue weighted by molar-refractivity contribution is 0.252. The van der Waals surface area contributed by atoms with E-state index < -0.39 is 5.76 Å². The fourth-order valence-corrected chi connectivity index (χ4v) is 3.37. The molecule has 2 aromatic rings. The van der Waals surface area contributed by atoms with Crippen molar-refractivity contribution in [3.63, 3.8) is 0 Å². The molecule has 0 unspecified atom stereocenters. The highest BCUT2D eigenvalue weighted by molar-refractivity contribution is 8.01. The second kappa shape index (κ2) is 4.54. The zero-order valence-corrected chi connectivity index (χ0v) is 10.1. The van der Waals surface area contributed by atoms with Crippen LogP contribution in [-0.2, 0) is 0 Å². The number of hydrogen-bond donors (Lipinski definition) is 0. The molecule has 0 aliphatic carbocycles. The van der Waals surface area contributed by atoms with Gasteiger partial charge < -0.3 is 0 Å². The first-order chi connectivity index (χ1) is 7.15. The Hall–Kier alpha value is -0.530. The van der Waals surface area contributed by atoms with E-state index in [-0.39, 0.29) is 0 Å². The maximum atomic E-state index is 12.0. The Labute approximate surface area is 97.4 Å². The van der Waals surface area contributed by atoms with Crippen LogP contribution in [0.3, 0.4) is 0 Å². The van der Waals surface area contributed by atoms with Crippen LogP contribution in [0.4, 0.5) is 8.78 Å². The van der Waals surface area contributed by atoms with Crippen molar-refractivity contribution in [1.29, 1.82) is 0 Å². The van der Waals surface area contributed by atoms with Crippen molar-refractivity contribution in [2.75, 3.05) is 0 Å². The Morgan fingerprint density at radius 1 is 1.27 bits per heavy atom. The first-order valence-corrected chi connectivity index (χ1v) is 6.51. The van der Waals surface area contributed by atoms with Crippen LogP contribution in [0.2, 0.25) is 0 Å². The van der Waals surface area contributed by atoms with Gasteiger partial charge in [0.05, 0.1) is 4.88 Å². The molecular weight excluding hydrogens is 258 g/mol. The number of thiophene rings is 1. The number of thioether (sulfide) groups is 1. The molecule has 2 aromatic heterocycles. The molecule has 0 atom stereocenters. The van der Waals surface area contributed by atoms with Crippen molar-refractivity contribution in [3.8, 4) is 9.88 Å². The molecule has 0 saturated heterocycles. The highest BCUT2D eigenvalue weighted by Gasteiger charge is 2.12. The summed E-state index contributed by atoms with van der Waals surface area (Å²) in [6.45, 7) is 1.99. The predicted octanol–water partition coefficient (Wildman–Crippen LogP) is 3.89. The van der Waals surface area contributed by atoms with Crippen LogP contribution in [-0.4, -0.2) is 16.0 Å². The molecule has 0 aromatic carbocycles. The van der Waals surface area contributed by atoms with Crippen molar-refractivity contribution in [2.45, 2.75) is 17.0 Å². The molecule has 0 amide bonds. The van der Waals surface area contributed by atoms with Crippen LogP contribution in [0.1, 0.15) is 4.88 Å². The molecule has 0 saturated carbocycles. The maximum absolute atomic E-state index is 12.0. The molecular formula is C8H6F2N2S3. The maximum Gasteiger partial charge on any atom is 0.291 e. The first kappa shape index (κ1) is 11.0. The van der Waals surface area contributed by atoms with E-state index in [4.69, 9.17) is 0 Å². The number of hydrogen-bond acceptors (Lipinski definition) is 5. The monoisotopic (exact) mass is 264 g/mol. The van der Waals surface area contributed by atoms with E-state index in [2.05, 4.69) is 10.2 Å². The third-order valence-electron chi connectivity index (χ3n) is 1.55. The average Bonchev–Trinajstić information content (AvgIpc) is 2.72. The highest BCUT2D eigenvalue weighted by Crippen LogP contribution is 2.35. The molecule has 15 heavy (non-hydrogen) atoms. The molecule has 0 aliphatic rings. The van der Waals surface area contributed by atoms with Gasteiger partial charge in [0.25, 0.3) is 5.76 Å². The first-order valence-electron chi connectivity index (χ1n) is 4.00. The Bertz CT molecular complexity index is 452.